The first kappa shape index (κ1) is 12.0. The maximum Gasteiger partial charge on any atom is 0.115 e. The number of fused-ring (bicyclic) bond motifs is 3. The second kappa shape index (κ2) is 4.90. The number of aromatic hydroxyl groups is 1. The lowest BCUT2D eigenvalue weighted by atomic mass is 9.84. The number of ether oxygens (including phenoxy) is 1. The summed E-state index contributed by atoms with van der Waals surface area (Å²) in [5, 5.41) is 9.68. The molecule has 0 spiro atoms. The molecule has 0 unspecified atom stereocenters. The Morgan fingerprint density at radius 1 is 1.44 bits per heavy atom. The summed E-state index contributed by atoms with van der Waals surface area (Å²) in [6, 6.07) is 6.21. The SMILES string of the molecule is [11CH3]CCN1CCO[C@@H]2c3cc(O)ccc3CC[C@H]21. The van der Waals surface area contributed by atoms with Gasteiger partial charge in [-0.25, -0.2) is 0 Å². The van der Waals surface area contributed by atoms with Crippen molar-refractivity contribution in [2.75, 3.05) is 19.7 Å². The van der Waals surface area contributed by atoms with Crippen molar-refractivity contribution >= 4 is 0 Å². The molecule has 0 amide bonds. The molecule has 98 valence electrons. The van der Waals surface area contributed by atoms with E-state index >= 15 is 0 Å². The van der Waals surface area contributed by atoms with Gasteiger partial charge >= 0.3 is 0 Å². The molecule has 3 rings (SSSR count). The standard InChI is InChI=1S/C15H21NO2/c1-2-7-16-8-9-18-15-13-10-12(17)5-3-11(13)4-6-14(15)16/h3,5,10,14-15,17H,2,4,6-9H2,1H3/t14-,15-/m1/s1/i1-1. The molecule has 1 aliphatic heterocycles. The van der Waals surface area contributed by atoms with Gasteiger partial charge in [-0.15, -0.1) is 0 Å². The van der Waals surface area contributed by atoms with E-state index in [2.05, 4.69) is 11.8 Å². The second-order valence-corrected chi connectivity index (χ2v) is 5.32. The molecule has 1 heterocycles. The minimum Gasteiger partial charge on any atom is -0.508 e. The molecule has 0 bridgehead atoms. The Kier molecular flexibility index (Phi) is 3.27. The van der Waals surface area contributed by atoms with Crippen LogP contribution >= 0.6 is 0 Å². The van der Waals surface area contributed by atoms with E-state index in [1.165, 1.54) is 24.0 Å². The van der Waals surface area contributed by atoms with Crippen molar-refractivity contribution in [1.29, 1.82) is 0 Å². The quantitative estimate of drug-likeness (QED) is 0.870. The van der Waals surface area contributed by atoms with Crippen LogP contribution in [-0.4, -0.2) is 35.7 Å². The largest absolute Gasteiger partial charge is 0.508 e. The molecular weight excluding hydrogens is 225 g/mol. The first-order valence-electron chi connectivity index (χ1n) is 6.97. The summed E-state index contributed by atoms with van der Waals surface area (Å²) in [6.45, 7) is 5.23. The topological polar surface area (TPSA) is 32.7 Å². The summed E-state index contributed by atoms with van der Waals surface area (Å²) >= 11 is 0. The van der Waals surface area contributed by atoms with E-state index in [0.29, 0.717) is 11.8 Å². The zero-order valence-corrected chi connectivity index (χ0v) is 10.9. The number of rotatable bonds is 2. The van der Waals surface area contributed by atoms with Crippen molar-refractivity contribution in [3.63, 3.8) is 0 Å². The maximum atomic E-state index is 9.68. The van der Waals surface area contributed by atoms with Gasteiger partial charge < -0.3 is 9.84 Å². The van der Waals surface area contributed by atoms with E-state index in [9.17, 15) is 5.11 Å². The van der Waals surface area contributed by atoms with Crippen molar-refractivity contribution in [2.45, 2.75) is 38.3 Å². The maximum absolute atomic E-state index is 9.68. The fourth-order valence-corrected chi connectivity index (χ4v) is 3.34. The normalized spacial score (nSPS) is 27.6. The third-order valence-corrected chi connectivity index (χ3v) is 4.15. The zero-order valence-electron chi connectivity index (χ0n) is 10.9. The molecule has 0 aromatic heterocycles. The van der Waals surface area contributed by atoms with Gasteiger partial charge in [0.05, 0.1) is 12.7 Å². The van der Waals surface area contributed by atoms with Crippen LogP contribution in [0.1, 0.15) is 37.0 Å². The predicted octanol–water partition coefficient (Wildman–Crippen LogP) is 2.49. The molecule has 1 N–H and O–H groups in total. The van der Waals surface area contributed by atoms with Crippen LogP contribution in [0.4, 0.5) is 0 Å². The third kappa shape index (κ3) is 2.02. The van der Waals surface area contributed by atoms with Crippen LogP contribution in [0.2, 0.25) is 0 Å². The number of hydrogen-bond acceptors (Lipinski definition) is 3. The van der Waals surface area contributed by atoms with Gasteiger partial charge in [0.25, 0.3) is 0 Å². The number of morpholine rings is 1. The van der Waals surface area contributed by atoms with Gasteiger partial charge in [-0.1, -0.05) is 13.0 Å². The van der Waals surface area contributed by atoms with Crippen LogP contribution in [0.3, 0.4) is 0 Å². The van der Waals surface area contributed by atoms with E-state index < -0.39 is 0 Å². The zero-order chi connectivity index (χ0) is 12.5. The van der Waals surface area contributed by atoms with Crippen LogP contribution in [0.25, 0.3) is 0 Å². The average Bonchev–Trinajstić information content (AvgIpc) is 2.39. The Morgan fingerprint density at radius 2 is 2.33 bits per heavy atom. The summed E-state index contributed by atoms with van der Waals surface area (Å²) in [4.78, 5) is 2.56. The molecule has 1 aromatic rings. The van der Waals surface area contributed by atoms with Gasteiger partial charge in [-0.05, 0) is 49.1 Å². The molecule has 3 nitrogen and oxygen atoms in total. The fourth-order valence-electron chi connectivity index (χ4n) is 3.34. The van der Waals surface area contributed by atoms with Crippen LogP contribution < -0.4 is 0 Å². The van der Waals surface area contributed by atoms with E-state index in [4.69, 9.17) is 4.74 Å². The molecule has 1 saturated heterocycles. The molecule has 1 aliphatic carbocycles. The van der Waals surface area contributed by atoms with Crippen LogP contribution in [0.5, 0.6) is 5.75 Å². The monoisotopic (exact) mass is 246 g/mol. The second-order valence-electron chi connectivity index (χ2n) is 5.32. The number of phenolic OH excluding ortho intramolecular Hbond substituents is 1. The number of phenols is 1. The van der Waals surface area contributed by atoms with Gasteiger partial charge in [0.15, 0.2) is 0 Å². The van der Waals surface area contributed by atoms with Crippen LogP contribution in [0, 0.1) is 0 Å². The Labute approximate surface area is 108 Å². The number of benzene rings is 1. The lowest BCUT2D eigenvalue weighted by Gasteiger charge is -2.44. The number of aryl methyl sites for hydroxylation is 1. The summed E-state index contributed by atoms with van der Waals surface area (Å²) in [5.74, 6) is 0.352. The lowest BCUT2D eigenvalue weighted by molar-refractivity contribution is -0.0801. The summed E-state index contributed by atoms with van der Waals surface area (Å²) in [5.41, 5.74) is 2.54. The minimum atomic E-state index is 0.154. The molecule has 2 aliphatic rings. The first-order chi connectivity index (χ1) is 8.79. The summed E-state index contributed by atoms with van der Waals surface area (Å²) in [7, 11) is 0. The lowest BCUT2D eigenvalue weighted by Crippen LogP contribution is -2.49. The smallest absolute Gasteiger partial charge is 0.115 e. The molecule has 1 aromatic carbocycles. The van der Waals surface area contributed by atoms with Crippen LogP contribution in [0.15, 0.2) is 18.2 Å². The molecule has 0 saturated carbocycles. The molecule has 1 fully saturated rings. The summed E-state index contributed by atoms with van der Waals surface area (Å²) in [6.07, 6.45) is 3.61. The molecule has 0 radical (unpaired) electrons. The molecule has 18 heavy (non-hydrogen) atoms. The van der Waals surface area contributed by atoms with Gasteiger partial charge in [-0.2, -0.15) is 0 Å². The van der Waals surface area contributed by atoms with Gasteiger partial charge in [-0.3, -0.25) is 4.90 Å². The first-order valence-corrected chi connectivity index (χ1v) is 6.97. The van der Waals surface area contributed by atoms with Gasteiger partial charge in [0.1, 0.15) is 5.75 Å². The third-order valence-electron chi connectivity index (χ3n) is 4.15. The highest BCUT2D eigenvalue weighted by Gasteiger charge is 2.36. The molecule has 2 atom stereocenters. The highest BCUT2D eigenvalue weighted by molar-refractivity contribution is 5.39. The fraction of sp³-hybridized carbons (Fsp3) is 0.600. The van der Waals surface area contributed by atoms with E-state index in [-0.39, 0.29) is 6.10 Å². The highest BCUT2D eigenvalue weighted by Crippen LogP contribution is 2.39. The summed E-state index contributed by atoms with van der Waals surface area (Å²) < 4.78 is 5.99. The predicted molar refractivity (Wildman–Crippen MR) is 70.8 cm³/mol. The Hall–Kier alpha value is -1.06. The van der Waals surface area contributed by atoms with Crippen molar-refractivity contribution in [1.82, 2.24) is 4.90 Å². The molecular formula is C15H21NO2. The highest BCUT2D eigenvalue weighted by atomic mass is 16.5. The van der Waals surface area contributed by atoms with E-state index in [1.807, 2.05) is 12.1 Å². The van der Waals surface area contributed by atoms with Crippen molar-refractivity contribution in [3.8, 4) is 5.75 Å². The Bertz CT molecular complexity index is 431. The van der Waals surface area contributed by atoms with Crippen molar-refractivity contribution in [3.05, 3.63) is 29.3 Å². The van der Waals surface area contributed by atoms with Crippen molar-refractivity contribution in [2.24, 2.45) is 0 Å². The van der Waals surface area contributed by atoms with Gasteiger partial charge in [0, 0.05) is 12.6 Å². The number of hydrogen-bond donors (Lipinski definition) is 1. The molecule has 3 heteroatoms. The minimum absolute atomic E-state index is 0.154. The van der Waals surface area contributed by atoms with Gasteiger partial charge in [0.2, 0.25) is 0 Å². The van der Waals surface area contributed by atoms with Crippen molar-refractivity contribution < 1.29 is 9.84 Å². The van der Waals surface area contributed by atoms with E-state index in [1.54, 1.807) is 6.07 Å². The van der Waals surface area contributed by atoms with Crippen LogP contribution in [-0.2, 0) is 11.2 Å². The Morgan fingerprint density at radius 3 is 3.17 bits per heavy atom. The van der Waals surface area contributed by atoms with E-state index in [0.717, 1.165) is 26.1 Å². The Balaban J connectivity index is 1.91. The average molecular weight is 246 g/mol. The number of nitrogens with zero attached hydrogens (tertiary/aromatic N) is 1.